The van der Waals surface area contributed by atoms with Crippen LogP contribution in [0.1, 0.15) is 207 Å². The standard InChI is InChI=1S/C30H40ClN5O6S.C25H32ClN5O4S.C25H31N5O4S/c1-29(2,3)42-28(38)36-19-20(18-30(36,4)5)10-9-16-32-24-12-8-13-25(34-24)43(39,40)35-27(37)21-14-15-22(33-26(21)31)23-11-6-7-17-41-23;1-25(2)15-17(16-28-25)7-6-13-27-21-9-5-10-22(30-21)36(33,34)31-24(32)18-11-12-19(29-23(18)26)20-8-3-4-14-35-20;1-25(2)15-17-7-6-13-26-21-9-5-10-22(28-21)35(32,33)29-24(31)18-11-12-19(20-8-3-4-14-34-20)27-23(18)30(25)16-17/h8,11-15,20H,6-7,9-10,16-19H2,1-5H3,(H,32,34)(H,35,37);5,8-12,17,28H,3-4,6-7,13-16H2,1-2H3,(H,27,30)(H,31,32);5,8-12,17H,3-4,6-7,13-16H2,1-2H3,(H,26,28)(H,29,31)/t20-;2*17-/m000/s1. The summed E-state index contributed by atoms with van der Waals surface area (Å²) in [6.07, 6.45) is 19.5. The molecule has 614 valence electrons. The Morgan fingerprint density at radius 3 is 1.63 bits per heavy atom. The summed E-state index contributed by atoms with van der Waals surface area (Å²) in [6, 6.07) is 23.2. The van der Waals surface area contributed by atoms with Gasteiger partial charge in [-0.05, 0) is 274 Å². The van der Waals surface area contributed by atoms with Crippen molar-refractivity contribution >= 4 is 118 Å². The molecule has 13 rings (SSSR count). The summed E-state index contributed by atoms with van der Waals surface area (Å²) in [5, 5.41) is 12.0. The number of ether oxygens (including phenoxy) is 4. The molecular formula is C80H103Cl2N15O14S3. The van der Waals surface area contributed by atoms with Gasteiger partial charge in [0.05, 0.1) is 36.5 Å². The fourth-order valence-corrected chi connectivity index (χ4v) is 18.1. The van der Waals surface area contributed by atoms with E-state index in [2.05, 4.69) is 83.5 Å². The average molecular weight is 1670 g/mol. The van der Waals surface area contributed by atoms with Crippen LogP contribution in [0.3, 0.4) is 0 Å². The van der Waals surface area contributed by atoms with Gasteiger partial charge in [-0.1, -0.05) is 41.4 Å². The highest BCUT2D eigenvalue weighted by Gasteiger charge is 2.44. The highest BCUT2D eigenvalue weighted by molar-refractivity contribution is 7.90. The fraction of sp³-hybridized carbons (Fsp3) is 0.500. The number of nitrogens with one attached hydrogen (secondary N) is 7. The van der Waals surface area contributed by atoms with E-state index in [0.717, 1.165) is 109 Å². The number of sulfonamides is 3. The minimum atomic E-state index is -4.28. The number of carbonyl (C=O) groups is 4. The molecule has 3 atom stereocenters. The zero-order valence-electron chi connectivity index (χ0n) is 65.9. The van der Waals surface area contributed by atoms with Crippen molar-refractivity contribution in [3.05, 3.63) is 153 Å². The maximum Gasteiger partial charge on any atom is 0.410 e. The van der Waals surface area contributed by atoms with Gasteiger partial charge in [0.2, 0.25) is 0 Å². The number of anilines is 4. The van der Waals surface area contributed by atoms with Crippen molar-refractivity contribution in [1.82, 2.24) is 54.3 Å². The van der Waals surface area contributed by atoms with Crippen LogP contribution in [-0.4, -0.2) is 165 Å². The largest absolute Gasteiger partial charge is 0.492 e. The lowest BCUT2D eigenvalue weighted by Gasteiger charge is -2.34. The first-order valence-electron chi connectivity index (χ1n) is 38.7. The molecule has 0 radical (unpaired) electrons. The summed E-state index contributed by atoms with van der Waals surface area (Å²) in [6.45, 7) is 24.5. The molecular weight excluding hydrogens is 1560 g/mol. The van der Waals surface area contributed by atoms with Crippen molar-refractivity contribution in [2.24, 2.45) is 17.8 Å². The summed E-state index contributed by atoms with van der Waals surface area (Å²) in [5.41, 5.74) is 0.789. The SMILES string of the molecule is CC(C)(C)OC(=O)N1C[C@@H](CCCNc2cccc(S(=O)(=O)NC(=O)c3ccc(C4=CCCCO4)nc3Cl)n2)CC1(C)C.CC1(C)C[C@@H]2CCCNc3cccc(n3)S(=O)(=O)NC(=O)c3ccc(C4=CCCCO4)nc3N1C2.CC1(C)C[C@H](CCCNc2cccc(S(=O)(=O)NC(=O)c3ccc(C4=CCCCO4)nc3Cl)n2)CN1. The van der Waals surface area contributed by atoms with E-state index in [0.29, 0.717) is 121 Å². The van der Waals surface area contributed by atoms with E-state index >= 15 is 0 Å². The van der Waals surface area contributed by atoms with Crippen LogP contribution in [0.2, 0.25) is 10.3 Å². The van der Waals surface area contributed by atoms with Gasteiger partial charge < -0.3 is 50.0 Å². The van der Waals surface area contributed by atoms with Gasteiger partial charge in [0.15, 0.2) is 15.1 Å². The molecule has 7 N–H and O–H groups in total. The van der Waals surface area contributed by atoms with Crippen molar-refractivity contribution < 1.29 is 63.4 Å². The number of pyridine rings is 6. The van der Waals surface area contributed by atoms with E-state index in [9.17, 15) is 44.4 Å². The summed E-state index contributed by atoms with van der Waals surface area (Å²) >= 11 is 12.4. The summed E-state index contributed by atoms with van der Waals surface area (Å²) in [4.78, 5) is 81.4. The monoisotopic (exact) mass is 1660 g/mol. The molecule has 0 saturated carbocycles. The lowest BCUT2D eigenvalue weighted by molar-refractivity contribution is 0.0130. The zero-order chi connectivity index (χ0) is 81.8. The molecule has 29 nitrogen and oxygen atoms in total. The van der Waals surface area contributed by atoms with Gasteiger partial charge in [-0.25, -0.2) is 48.9 Å². The van der Waals surface area contributed by atoms with Crippen molar-refractivity contribution in [2.75, 3.05) is 79.9 Å². The molecule has 7 aliphatic heterocycles. The molecule has 114 heavy (non-hydrogen) atoms. The smallest absolute Gasteiger partial charge is 0.410 e. The van der Waals surface area contributed by atoms with Crippen LogP contribution in [0.5, 0.6) is 0 Å². The topological polar surface area (TPSA) is 376 Å². The van der Waals surface area contributed by atoms with E-state index < -0.39 is 53.4 Å². The lowest BCUT2D eigenvalue weighted by Crippen LogP contribution is -2.45. The van der Waals surface area contributed by atoms with Crippen LogP contribution in [0, 0.1) is 17.8 Å². The molecule has 3 saturated heterocycles. The van der Waals surface area contributed by atoms with Crippen molar-refractivity contribution in [1.29, 1.82) is 0 Å². The molecule has 6 aromatic rings. The van der Waals surface area contributed by atoms with E-state index in [1.807, 2.05) is 62.3 Å². The summed E-state index contributed by atoms with van der Waals surface area (Å²) < 4.78 is 107. The van der Waals surface area contributed by atoms with E-state index in [-0.39, 0.29) is 64.8 Å². The second-order valence-electron chi connectivity index (χ2n) is 32.2. The number of amides is 4. The Kier molecular flexibility index (Phi) is 27.6. The van der Waals surface area contributed by atoms with Crippen molar-refractivity contribution in [3.8, 4) is 0 Å². The van der Waals surface area contributed by atoms with Crippen LogP contribution < -0.4 is 40.3 Å². The molecule has 3 fully saturated rings. The lowest BCUT2D eigenvalue weighted by atomic mass is 9.93. The number of nitrogens with zero attached hydrogens (tertiary/aromatic N) is 8. The Morgan fingerprint density at radius 2 is 1.13 bits per heavy atom. The predicted octanol–water partition coefficient (Wildman–Crippen LogP) is 13.2. The number of hydrogen-bond acceptors (Lipinski definition) is 25. The van der Waals surface area contributed by atoms with Gasteiger partial charge >= 0.3 is 6.09 Å². The van der Waals surface area contributed by atoms with Crippen molar-refractivity contribution in [2.45, 2.75) is 196 Å². The van der Waals surface area contributed by atoms with Gasteiger partial charge in [0.25, 0.3) is 47.8 Å². The Morgan fingerprint density at radius 1 is 0.614 bits per heavy atom. The van der Waals surface area contributed by atoms with Crippen LogP contribution in [-0.2, 0) is 49.0 Å². The van der Waals surface area contributed by atoms with Gasteiger partial charge in [0, 0.05) is 49.3 Å². The molecule has 0 unspecified atom stereocenters. The minimum absolute atomic E-state index is 0.0562. The molecule has 4 amide bonds. The third-order valence-electron chi connectivity index (χ3n) is 20.3. The van der Waals surface area contributed by atoms with Crippen LogP contribution in [0.25, 0.3) is 17.3 Å². The minimum Gasteiger partial charge on any atom is -0.492 e. The van der Waals surface area contributed by atoms with Crippen LogP contribution >= 0.6 is 23.2 Å². The maximum absolute atomic E-state index is 13.4. The molecule has 7 aliphatic rings. The number of halogens is 2. The molecule has 6 aromatic heterocycles. The first-order chi connectivity index (χ1) is 54.0. The third kappa shape index (κ3) is 22.9. The van der Waals surface area contributed by atoms with E-state index in [1.165, 1.54) is 30.3 Å². The average Bonchev–Trinajstić information content (AvgIpc) is 1.55. The quantitative estimate of drug-likeness (QED) is 0.0292. The van der Waals surface area contributed by atoms with Crippen LogP contribution in [0.4, 0.5) is 28.1 Å². The van der Waals surface area contributed by atoms with Gasteiger partial charge in [-0.3, -0.25) is 14.4 Å². The summed E-state index contributed by atoms with van der Waals surface area (Å²) in [5.74, 6) is 2.47. The number of aromatic nitrogens is 6. The number of carbonyl (C=O) groups excluding carboxylic acids is 4. The van der Waals surface area contributed by atoms with Gasteiger partial charge in [-0.15, -0.1) is 0 Å². The third-order valence-corrected chi connectivity index (χ3v) is 24.6. The highest BCUT2D eigenvalue weighted by Crippen LogP contribution is 2.41. The molecule has 0 spiro atoms. The zero-order valence-corrected chi connectivity index (χ0v) is 69.8. The molecule has 13 heterocycles. The van der Waals surface area contributed by atoms with Crippen molar-refractivity contribution in [3.63, 3.8) is 0 Å². The first kappa shape index (κ1) is 85.7. The maximum atomic E-state index is 13.4. The number of allylic oxidation sites excluding steroid dienone is 3. The predicted molar refractivity (Wildman–Crippen MR) is 437 cm³/mol. The first-order valence-corrected chi connectivity index (χ1v) is 43.9. The Labute approximate surface area is 678 Å². The van der Waals surface area contributed by atoms with E-state index in [1.54, 1.807) is 65.6 Å². The normalized spacial score (nSPS) is 20.3. The number of rotatable bonds is 19. The van der Waals surface area contributed by atoms with Gasteiger partial charge in [-0.2, -0.15) is 25.3 Å². The number of fused-ring (bicyclic) bond motifs is 6. The molecule has 0 aliphatic carbocycles. The summed E-state index contributed by atoms with van der Waals surface area (Å²) in [7, 11) is -12.7. The molecule has 0 aromatic carbocycles. The van der Waals surface area contributed by atoms with E-state index in [4.69, 9.17) is 47.1 Å². The second kappa shape index (κ2) is 36.7. The Bertz CT molecular complexity index is 4980. The highest BCUT2D eigenvalue weighted by atomic mass is 35.5. The molecule has 4 bridgehead atoms. The number of hydrogen-bond donors (Lipinski definition) is 7. The molecule has 34 heteroatoms. The number of likely N-dealkylation sites (tertiary alicyclic amines) is 1. The Balaban J connectivity index is 0.000000170. The van der Waals surface area contributed by atoms with Gasteiger partial charge in [0.1, 0.15) is 73.5 Å². The second-order valence-corrected chi connectivity index (χ2v) is 37.8. The fourth-order valence-electron chi connectivity index (χ4n) is 14.8. The van der Waals surface area contributed by atoms with Crippen LogP contribution in [0.15, 0.2) is 124 Å². The Hall–Kier alpha value is -9.21.